The molecule has 0 saturated heterocycles. The number of ether oxygens (including phenoxy) is 1. The van der Waals surface area contributed by atoms with Gasteiger partial charge in [0.2, 0.25) is 0 Å². The van der Waals surface area contributed by atoms with Crippen LogP contribution in [0.4, 0.5) is 25.1 Å². The van der Waals surface area contributed by atoms with E-state index in [2.05, 4.69) is 15.7 Å². The normalized spacial score (nSPS) is 10.4. The summed E-state index contributed by atoms with van der Waals surface area (Å²) in [5.41, 5.74) is -0.118. The molecule has 0 spiro atoms. The highest BCUT2D eigenvalue weighted by atomic mass is 19.1. The van der Waals surface area contributed by atoms with Crippen LogP contribution in [0.3, 0.4) is 0 Å². The van der Waals surface area contributed by atoms with Crippen LogP contribution >= 0.6 is 0 Å². The Kier molecular flexibility index (Phi) is 4.83. The lowest BCUT2D eigenvalue weighted by molar-refractivity contribution is 0.183. The minimum absolute atomic E-state index is 0.118. The third-order valence-corrected chi connectivity index (χ3v) is 2.59. The standard InChI is InChI=1S/C13H14F2N4O2/c1-21-7-6-19-5-4-12(18-19)17-13(20)16-11-3-2-9(14)8-10(11)15/h2-5,8H,6-7H2,1H3,(H2,16,17,18,20). The zero-order valence-corrected chi connectivity index (χ0v) is 11.3. The third-order valence-electron chi connectivity index (χ3n) is 2.59. The highest BCUT2D eigenvalue weighted by molar-refractivity contribution is 5.99. The number of aromatic nitrogens is 2. The van der Waals surface area contributed by atoms with Gasteiger partial charge in [0.15, 0.2) is 5.82 Å². The van der Waals surface area contributed by atoms with Gasteiger partial charge in [0, 0.05) is 25.4 Å². The molecule has 112 valence electrons. The van der Waals surface area contributed by atoms with Crippen molar-refractivity contribution in [2.45, 2.75) is 6.54 Å². The van der Waals surface area contributed by atoms with Crippen LogP contribution in [0, 0.1) is 11.6 Å². The zero-order chi connectivity index (χ0) is 15.2. The van der Waals surface area contributed by atoms with E-state index in [0.29, 0.717) is 25.0 Å². The van der Waals surface area contributed by atoms with Crippen molar-refractivity contribution in [1.29, 1.82) is 0 Å². The summed E-state index contributed by atoms with van der Waals surface area (Å²) in [7, 11) is 1.58. The summed E-state index contributed by atoms with van der Waals surface area (Å²) in [6.07, 6.45) is 1.67. The van der Waals surface area contributed by atoms with Crippen molar-refractivity contribution in [3.63, 3.8) is 0 Å². The van der Waals surface area contributed by atoms with Crippen molar-refractivity contribution in [3.8, 4) is 0 Å². The minimum Gasteiger partial charge on any atom is -0.383 e. The van der Waals surface area contributed by atoms with Crippen LogP contribution in [0.25, 0.3) is 0 Å². The van der Waals surface area contributed by atoms with E-state index >= 15 is 0 Å². The number of hydrogen-bond donors (Lipinski definition) is 2. The van der Waals surface area contributed by atoms with Crippen LogP contribution in [0.5, 0.6) is 0 Å². The van der Waals surface area contributed by atoms with Crippen molar-refractivity contribution in [1.82, 2.24) is 9.78 Å². The number of nitrogens with zero attached hydrogens (tertiary/aromatic N) is 2. The molecule has 2 N–H and O–H groups in total. The highest BCUT2D eigenvalue weighted by Crippen LogP contribution is 2.15. The van der Waals surface area contributed by atoms with Gasteiger partial charge in [-0.3, -0.25) is 10.00 Å². The molecular weight excluding hydrogens is 282 g/mol. The van der Waals surface area contributed by atoms with Gasteiger partial charge in [-0.25, -0.2) is 13.6 Å². The fourth-order valence-corrected chi connectivity index (χ4v) is 1.60. The molecule has 1 aromatic carbocycles. The molecule has 21 heavy (non-hydrogen) atoms. The van der Waals surface area contributed by atoms with Crippen molar-refractivity contribution >= 4 is 17.5 Å². The predicted molar refractivity (Wildman–Crippen MR) is 73.1 cm³/mol. The van der Waals surface area contributed by atoms with Crippen molar-refractivity contribution < 1.29 is 18.3 Å². The van der Waals surface area contributed by atoms with E-state index < -0.39 is 17.7 Å². The summed E-state index contributed by atoms with van der Waals surface area (Å²) in [5, 5.41) is 8.80. The van der Waals surface area contributed by atoms with E-state index in [1.807, 2.05) is 0 Å². The number of hydrogen-bond acceptors (Lipinski definition) is 3. The monoisotopic (exact) mass is 296 g/mol. The quantitative estimate of drug-likeness (QED) is 0.890. The third kappa shape index (κ3) is 4.25. The number of nitrogens with one attached hydrogen (secondary N) is 2. The maximum atomic E-state index is 13.4. The van der Waals surface area contributed by atoms with Gasteiger partial charge in [0.1, 0.15) is 11.6 Å². The van der Waals surface area contributed by atoms with Gasteiger partial charge >= 0.3 is 6.03 Å². The lowest BCUT2D eigenvalue weighted by atomic mass is 10.3. The minimum atomic E-state index is -0.851. The van der Waals surface area contributed by atoms with Crippen LogP contribution in [-0.4, -0.2) is 29.5 Å². The molecule has 8 heteroatoms. The van der Waals surface area contributed by atoms with Crippen LogP contribution in [0.1, 0.15) is 0 Å². The van der Waals surface area contributed by atoms with E-state index in [1.165, 1.54) is 0 Å². The molecule has 1 aromatic heterocycles. The second kappa shape index (κ2) is 6.80. The fourth-order valence-electron chi connectivity index (χ4n) is 1.60. The van der Waals surface area contributed by atoms with E-state index in [1.54, 1.807) is 24.1 Å². The van der Waals surface area contributed by atoms with Crippen LogP contribution < -0.4 is 10.6 Å². The molecule has 0 fully saturated rings. The van der Waals surface area contributed by atoms with E-state index in [-0.39, 0.29) is 5.69 Å². The second-order valence-corrected chi connectivity index (χ2v) is 4.16. The molecular formula is C13H14F2N4O2. The van der Waals surface area contributed by atoms with Gasteiger partial charge in [-0.1, -0.05) is 0 Å². The molecule has 0 aliphatic carbocycles. The number of carbonyl (C=O) groups excluding carboxylic acids is 1. The zero-order valence-electron chi connectivity index (χ0n) is 11.3. The maximum absolute atomic E-state index is 13.4. The summed E-state index contributed by atoms with van der Waals surface area (Å²) in [6, 6.07) is 3.81. The van der Waals surface area contributed by atoms with E-state index in [9.17, 15) is 13.6 Å². The smallest absolute Gasteiger partial charge is 0.324 e. The van der Waals surface area contributed by atoms with Crippen molar-refractivity contribution in [3.05, 3.63) is 42.1 Å². The van der Waals surface area contributed by atoms with Crippen LogP contribution in [0.2, 0.25) is 0 Å². The maximum Gasteiger partial charge on any atom is 0.324 e. The molecule has 0 aliphatic rings. The fraction of sp³-hybridized carbons (Fsp3) is 0.231. The Labute approximate surface area is 119 Å². The molecule has 0 radical (unpaired) electrons. The SMILES string of the molecule is COCCn1ccc(NC(=O)Nc2ccc(F)cc2F)n1. The second-order valence-electron chi connectivity index (χ2n) is 4.16. The highest BCUT2D eigenvalue weighted by Gasteiger charge is 2.09. The average molecular weight is 296 g/mol. The summed E-state index contributed by atoms with van der Waals surface area (Å²) in [4.78, 5) is 11.7. The number of anilines is 2. The Balaban J connectivity index is 1.93. The average Bonchev–Trinajstić information content (AvgIpc) is 2.87. The Morgan fingerprint density at radius 3 is 2.86 bits per heavy atom. The molecule has 1 heterocycles. The number of methoxy groups -OCH3 is 1. The summed E-state index contributed by atoms with van der Waals surface area (Å²) >= 11 is 0. The summed E-state index contributed by atoms with van der Waals surface area (Å²) < 4.78 is 32.6. The molecule has 2 aromatic rings. The summed E-state index contributed by atoms with van der Waals surface area (Å²) in [5.74, 6) is -1.25. The Morgan fingerprint density at radius 1 is 1.33 bits per heavy atom. The first kappa shape index (κ1) is 14.9. The van der Waals surface area contributed by atoms with Gasteiger partial charge in [0.05, 0.1) is 18.8 Å². The predicted octanol–water partition coefficient (Wildman–Crippen LogP) is 2.45. The first-order valence-corrected chi connectivity index (χ1v) is 6.14. The van der Waals surface area contributed by atoms with E-state index in [4.69, 9.17) is 4.74 Å². The van der Waals surface area contributed by atoms with Gasteiger partial charge in [-0.05, 0) is 12.1 Å². The first-order valence-electron chi connectivity index (χ1n) is 6.14. The van der Waals surface area contributed by atoms with Gasteiger partial charge in [0.25, 0.3) is 0 Å². The topological polar surface area (TPSA) is 68.2 Å². The lowest BCUT2D eigenvalue weighted by Gasteiger charge is -2.06. The molecule has 0 atom stereocenters. The molecule has 0 saturated carbocycles. The van der Waals surface area contributed by atoms with Crippen LogP contribution in [-0.2, 0) is 11.3 Å². The lowest BCUT2D eigenvalue weighted by Crippen LogP contribution is -2.20. The number of rotatable bonds is 5. The van der Waals surface area contributed by atoms with Crippen molar-refractivity contribution in [2.24, 2.45) is 0 Å². The van der Waals surface area contributed by atoms with Gasteiger partial charge < -0.3 is 10.1 Å². The molecule has 6 nitrogen and oxygen atoms in total. The molecule has 0 unspecified atom stereocenters. The Bertz CT molecular complexity index is 630. The van der Waals surface area contributed by atoms with Gasteiger partial charge in [-0.2, -0.15) is 5.10 Å². The number of urea groups is 1. The van der Waals surface area contributed by atoms with Gasteiger partial charge in [-0.15, -0.1) is 0 Å². The number of halogens is 2. The van der Waals surface area contributed by atoms with Crippen molar-refractivity contribution in [2.75, 3.05) is 24.4 Å². The molecule has 2 amide bonds. The Hall–Kier alpha value is -2.48. The largest absolute Gasteiger partial charge is 0.383 e. The number of benzene rings is 1. The van der Waals surface area contributed by atoms with Crippen LogP contribution in [0.15, 0.2) is 30.5 Å². The molecule has 0 aliphatic heterocycles. The Morgan fingerprint density at radius 2 is 2.14 bits per heavy atom. The molecule has 2 rings (SSSR count). The summed E-state index contributed by atoms with van der Waals surface area (Å²) in [6.45, 7) is 1.04. The van der Waals surface area contributed by atoms with E-state index in [0.717, 1.165) is 12.1 Å². The number of carbonyl (C=O) groups is 1. The first-order chi connectivity index (χ1) is 10.1. The number of amides is 2. The molecule has 0 bridgehead atoms.